The molecule has 2 aliphatic rings. The molecule has 5 rings (SSSR count). The van der Waals surface area contributed by atoms with E-state index in [2.05, 4.69) is 4.72 Å². The number of fused-ring (bicyclic) bond motifs is 1. The lowest BCUT2D eigenvalue weighted by Crippen LogP contribution is -2.66. The highest BCUT2D eigenvalue weighted by atomic mass is 32.2. The third-order valence-electron chi connectivity index (χ3n) is 6.47. The second-order valence-corrected chi connectivity index (χ2v) is 12.8. The van der Waals surface area contributed by atoms with Gasteiger partial charge in [-0.1, -0.05) is 42.5 Å². The number of sulfonamides is 1. The number of carbonyl (C=O) groups excluding carboxylic acids is 1. The second-order valence-electron chi connectivity index (χ2n) is 9.13. The normalized spacial score (nSPS) is 20.7. The predicted molar refractivity (Wildman–Crippen MR) is 146 cm³/mol. The topological polar surface area (TPSA) is 154 Å². The minimum absolute atomic E-state index is 0.171. The molecule has 0 saturated carbocycles. The van der Waals surface area contributed by atoms with Crippen LogP contribution in [0.15, 0.2) is 90.0 Å². The minimum atomic E-state index is -3.72. The summed E-state index contributed by atoms with van der Waals surface area (Å²) in [6.45, 7) is 0. The molecule has 2 heterocycles. The Labute approximate surface area is 220 Å². The van der Waals surface area contributed by atoms with Crippen molar-refractivity contribution in [3.8, 4) is 11.1 Å². The molecule has 196 valence electrons. The van der Waals surface area contributed by atoms with Crippen LogP contribution in [0, 0.1) is 5.41 Å². The van der Waals surface area contributed by atoms with E-state index in [1.165, 1.54) is 16.0 Å². The van der Waals surface area contributed by atoms with E-state index in [0.29, 0.717) is 28.1 Å². The molecule has 3 aromatic carbocycles. The molecular formula is C26H25N5O5S2. The maximum Gasteiger partial charge on any atom is 0.255 e. The second kappa shape index (κ2) is 9.39. The van der Waals surface area contributed by atoms with Gasteiger partial charge in [-0.3, -0.25) is 15.1 Å². The molecule has 12 heteroatoms. The van der Waals surface area contributed by atoms with Gasteiger partial charge in [0, 0.05) is 35.0 Å². The molecule has 2 unspecified atom stereocenters. The molecule has 1 saturated heterocycles. The van der Waals surface area contributed by atoms with Crippen molar-refractivity contribution in [2.24, 2.45) is 5.73 Å². The van der Waals surface area contributed by atoms with E-state index in [1.807, 2.05) is 0 Å². The molecular weight excluding hydrogens is 526 g/mol. The third-order valence-corrected chi connectivity index (χ3v) is 8.87. The number of amides is 1. The first-order valence-corrected chi connectivity index (χ1v) is 15.1. The van der Waals surface area contributed by atoms with Crippen LogP contribution in [0.4, 0.5) is 11.4 Å². The standard InChI is InChI=1S/C26H25N5O5S2/c1-37(33,34)23-8-3-2-7-21(23)17-9-11-19(12-10-17)30-14-13-22-24(26(30)32)31(16-38(35,36)29-22)20-6-4-5-18(15-20)25(27)28/h2-15,22,24,29H,16H2,1H3,(H3,27,28). The van der Waals surface area contributed by atoms with Crippen LogP contribution >= 0.6 is 0 Å². The van der Waals surface area contributed by atoms with Crippen LogP contribution in [0.3, 0.4) is 0 Å². The molecule has 1 fully saturated rings. The predicted octanol–water partition coefficient (Wildman–Crippen LogP) is 2.04. The fourth-order valence-corrected chi connectivity index (χ4v) is 7.01. The molecule has 0 bridgehead atoms. The van der Waals surface area contributed by atoms with Gasteiger partial charge in [0.25, 0.3) is 5.91 Å². The Morgan fingerprint density at radius 2 is 1.74 bits per heavy atom. The molecule has 0 aliphatic carbocycles. The highest BCUT2D eigenvalue weighted by Gasteiger charge is 2.45. The van der Waals surface area contributed by atoms with Crippen molar-refractivity contribution >= 4 is 43.0 Å². The van der Waals surface area contributed by atoms with Crippen LogP contribution in [-0.4, -0.2) is 52.8 Å². The summed E-state index contributed by atoms with van der Waals surface area (Å²) >= 11 is 0. The Kier molecular flexibility index (Phi) is 6.33. The fourth-order valence-electron chi connectivity index (χ4n) is 4.72. The number of benzene rings is 3. The smallest absolute Gasteiger partial charge is 0.255 e. The highest BCUT2D eigenvalue weighted by molar-refractivity contribution is 7.91. The zero-order valence-corrected chi connectivity index (χ0v) is 21.9. The molecule has 2 atom stereocenters. The summed E-state index contributed by atoms with van der Waals surface area (Å²) in [4.78, 5) is 16.9. The summed E-state index contributed by atoms with van der Waals surface area (Å²) in [6.07, 6.45) is 4.31. The monoisotopic (exact) mass is 551 g/mol. The number of hydrogen-bond donors (Lipinski definition) is 3. The summed E-state index contributed by atoms with van der Waals surface area (Å²) in [7, 11) is -7.16. The summed E-state index contributed by atoms with van der Waals surface area (Å²) in [5, 5.41) is 7.73. The lowest BCUT2D eigenvalue weighted by Gasteiger charge is -2.44. The van der Waals surface area contributed by atoms with Crippen LogP contribution in [0.5, 0.6) is 0 Å². The zero-order valence-electron chi connectivity index (χ0n) is 20.3. The number of carbonyl (C=O) groups is 1. The molecule has 0 spiro atoms. The molecule has 38 heavy (non-hydrogen) atoms. The van der Waals surface area contributed by atoms with Gasteiger partial charge in [-0.2, -0.15) is 0 Å². The van der Waals surface area contributed by atoms with Gasteiger partial charge in [0.15, 0.2) is 9.84 Å². The van der Waals surface area contributed by atoms with E-state index in [0.717, 1.165) is 6.26 Å². The third kappa shape index (κ3) is 4.80. The van der Waals surface area contributed by atoms with Crippen LogP contribution in [0.2, 0.25) is 0 Å². The average Bonchev–Trinajstić information content (AvgIpc) is 2.87. The largest absolute Gasteiger partial charge is 0.384 e. The fraction of sp³-hybridized carbons (Fsp3) is 0.154. The van der Waals surface area contributed by atoms with E-state index in [9.17, 15) is 21.6 Å². The summed E-state index contributed by atoms with van der Waals surface area (Å²) in [5.74, 6) is -0.961. The van der Waals surface area contributed by atoms with Crippen LogP contribution < -0.4 is 20.3 Å². The van der Waals surface area contributed by atoms with Crippen molar-refractivity contribution in [2.75, 3.05) is 21.9 Å². The van der Waals surface area contributed by atoms with Gasteiger partial charge in [0.1, 0.15) is 17.8 Å². The maximum atomic E-state index is 13.8. The molecule has 2 aliphatic heterocycles. The van der Waals surface area contributed by atoms with Crippen LogP contribution in [0.1, 0.15) is 5.56 Å². The Morgan fingerprint density at radius 3 is 2.42 bits per heavy atom. The molecule has 0 radical (unpaired) electrons. The Morgan fingerprint density at radius 1 is 1.03 bits per heavy atom. The van der Waals surface area contributed by atoms with Gasteiger partial charge in [0.05, 0.1) is 10.9 Å². The van der Waals surface area contributed by atoms with E-state index >= 15 is 0 Å². The van der Waals surface area contributed by atoms with E-state index in [-0.39, 0.29) is 16.6 Å². The quantitative estimate of drug-likeness (QED) is 0.324. The number of hydrogen-bond acceptors (Lipinski definition) is 7. The first kappa shape index (κ1) is 25.6. The van der Waals surface area contributed by atoms with Crippen LogP contribution in [-0.2, 0) is 24.7 Å². The lowest BCUT2D eigenvalue weighted by molar-refractivity contribution is -0.119. The first-order valence-electron chi connectivity index (χ1n) is 11.6. The van der Waals surface area contributed by atoms with Gasteiger partial charge in [-0.05, 0) is 42.0 Å². The number of nitrogens with one attached hydrogen (secondary N) is 2. The van der Waals surface area contributed by atoms with Crippen LogP contribution in [0.25, 0.3) is 11.1 Å². The summed E-state index contributed by atoms with van der Waals surface area (Å²) in [6, 6.07) is 18.5. The Bertz CT molecular complexity index is 1680. The Balaban J connectivity index is 1.50. The zero-order chi connectivity index (χ0) is 27.2. The number of anilines is 2. The highest BCUT2D eigenvalue weighted by Crippen LogP contribution is 2.33. The SMILES string of the molecule is CS(=O)(=O)c1ccccc1-c1ccc(N2C=CC3NS(=O)(=O)CN(c4cccc(C(=N)N)c4)C3C2=O)cc1. The Hall–Kier alpha value is -4.00. The number of sulfone groups is 1. The number of rotatable bonds is 5. The van der Waals surface area contributed by atoms with E-state index in [1.54, 1.807) is 78.9 Å². The number of amidine groups is 1. The number of nitrogens with two attached hydrogens (primary N) is 1. The van der Waals surface area contributed by atoms with Crippen molar-refractivity contribution < 1.29 is 21.6 Å². The van der Waals surface area contributed by atoms with Crippen molar-refractivity contribution in [2.45, 2.75) is 17.0 Å². The number of nitrogen functional groups attached to an aromatic ring is 1. The molecule has 3 aromatic rings. The van der Waals surface area contributed by atoms with Crippen molar-refractivity contribution in [3.63, 3.8) is 0 Å². The lowest BCUT2D eigenvalue weighted by atomic mass is 10.00. The molecule has 4 N–H and O–H groups in total. The van der Waals surface area contributed by atoms with Gasteiger partial charge in [-0.15, -0.1) is 0 Å². The van der Waals surface area contributed by atoms with Gasteiger partial charge < -0.3 is 10.6 Å². The molecule has 0 aromatic heterocycles. The van der Waals surface area contributed by atoms with Crippen molar-refractivity contribution in [1.29, 1.82) is 5.41 Å². The average molecular weight is 552 g/mol. The van der Waals surface area contributed by atoms with Gasteiger partial charge >= 0.3 is 0 Å². The first-order chi connectivity index (χ1) is 17.9. The van der Waals surface area contributed by atoms with Crippen molar-refractivity contribution in [3.05, 3.63) is 90.6 Å². The van der Waals surface area contributed by atoms with E-state index < -0.39 is 37.8 Å². The summed E-state index contributed by atoms with van der Waals surface area (Å²) in [5.41, 5.74) is 8.26. The van der Waals surface area contributed by atoms with Crippen molar-refractivity contribution in [1.82, 2.24) is 4.72 Å². The minimum Gasteiger partial charge on any atom is -0.384 e. The molecule has 10 nitrogen and oxygen atoms in total. The van der Waals surface area contributed by atoms with Gasteiger partial charge in [0.2, 0.25) is 10.0 Å². The van der Waals surface area contributed by atoms with Gasteiger partial charge in [-0.25, -0.2) is 21.6 Å². The van der Waals surface area contributed by atoms with E-state index in [4.69, 9.17) is 11.1 Å². The maximum absolute atomic E-state index is 13.8. The number of nitrogens with zero attached hydrogens (tertiary/aromatic N) is 2. The summed E-state index contributed by atoms with van der Waals surface area (Å²) < 4.78 is 52.3. The molecule has 1 amide bonds.